The highest BCUT2D eigenvalue weighted by molar-refractivity contribution is 5.90. The first kappa shape index (κ1) is 25.1. The summed E-state index contributed by atoms with van der Waals surface area (Å²) in [6.45, 7) is -1.40. The van der Waals surface area contributed by atoms with Gasteiger partial charge in [0, 0.05) is 13.2 Å². The molecule has 182 valence electrons. The number of aliphatic hydroxyl groups excluding tert-OH is 1. The lowest BCUT2D eigenvalue weighted by Gasteiger charge is -2.30. The van der Waals surface area contributed by atoms with E-state index in [1.54, 1.807) is 24.3 Å². The summed E-state index contributed by atoms with van der Waals surface area (Å²) in [6.07, 6.45) is -6.03. The number of aliphatic hydroxyl groups is 1. The molecule has 9 nitrogen and oxygen atoms in total. The third kappa shape index (κ3) is 5.67. The molecule has 0 saturated carbocycles. The minimum atomic E-state index is -3.90. The maximum atomic E-state index is 15.4. The van der Waals surface area contributed by atoms with Crippen LogP contribution in [-0.2, 0) is 14.2 Å². The van der Waals surface area contributed by atoms with Gasteiger partial charge in [0.1, 0.15) is 12.7 Å². The summed E-state index contributed by atoms with van der Waals surface area (Å²) >= 11 is 0. The normalized spacial score (nSPS) is 21.0. The smallest absolute Gasteiger partial charge is 0.338 e. The van der Waals surface area contributed by atoms with Crippen LogP contribution in [0.5, 0.6) is 0 Å². The lowest BCUT2D eigenvalue weighted by atomic mass is 10.1. The first-order valence-corrected chi connectivity index (χ1v) is 10.4. The van der Waals surface area contributed by atoms with Gasteiger partial charge in [-0.1, -0.05) is 36.4 Å². The molecule has 0 bridgehead atoms. The zero-order valence-electron chi connectivity index (χ0n) is 18.0. The van der Waals surface area contributed by atoms with Crippen LogP contribution in [0.3, 0.4) is 0 Å². The predicted molar refractivity (Wildman–Crippen MR) is 114 cm³/mol. The number of benzene rings is 2. The molecule has 1 heterocycles. The number of amides is 2. The number of urea groups is 1. The average molecular weight is 478 g/mol. The molecule has 3 atom stereocenters. The molecule has 34 heavy (non-hydrogen) atoms. The Kier molecular flexibility index (Phi) is 8.13. The van der Waals surface area contributed by atoms with Crippen molar-refractivity contribution in [3.8, 4) is 0 Å². The molecule has 0 unspecified atom stereocenters. The summed E-state index contributed by atoms with van der Waals surface area (Å²) < 4.78 is 46.5. The molecule has 2 amide bonds. The number of carbonyl (C=O) groups excluding carboxylic acids is 3. The number of rotatable bonds is 9. The molecule has 1 saturated heterocycles. The first-order chi connectivity index (χ1) is 16.3. The van der Waals surface area contributed by atoms with Gasteiger partial charge in [0.05, 0.1) is 11.1 Å². The second kappa shape index (κ2) is 11.0. The van der Waals surface area contributed by atoms with Crippen molar-refractivity contribution in [2.45, 2.75) is 30.8 Å². The molecular weight excluding hydrogens is 454 g/mol. The van der Waals surface area contributed by atoms with Crippen LogP contribution in [-0.4, -0.2) is 72.1 Å². The maximum absolute atomic E-state index is 15.4. The Labute approximate surface area is 194 Å². The van der Waals surface area contributed by atoms with E-state index in [0.717, 1.165) is 0 Å². The minimum Gasteiger partial charge on any atom is -0.459 e. The molecule has 2 aromatic rings. The summed E-state index contributed by atoms with van der Waals surface area (Å²) in [6, 6.07) is 14.1. The van der Waals surface area contributed by atoms with E-state index in [4.69, 9.17) is 25.1 Å². The van der Waals surface area contributed by atoms with E-state index in [-0.39, 0.29) is 30.7 Å². The standard InChI is InChI=1S/C23H24F2N2O7/c24-23(25)18(34-20(30)16-10-5-2-6-11-16)17(14-32-19(29)15-8-3-1-4-9-15)33-21(23)27(22(26)31)12-7-13-28/h1-6,8-11,17-18,21,28H,7,12-14H2,(H2,26,31)/t17-,18-,21-/m1/s1. The van der Waals surface area contributed by atoms with Crippen molar-refractivity contribution in [2.24, 2.45) is 5.73 Å². The quantitative estimate of drug-likeness (QED) is 0.529. The highest BCUT2D eigenvalue weighted by Crippen LogP contribution is 2.40. The Morgan fingerprint density at radius 2 is 1.56 bits per heavy atom. The highest BCUT2D eigenvalue weighted by atomic mass is 19.3. The van der Waals surface area contributed by atoms with E-state index in [1.165, 1.54) is 36.4 Å². The van der Waals surface area contributed by atoms with Crippen LogP contribution >= 0.6 is 0 Å². The molecule has 3 N–H and O–H groups in total. The average Bonchev–Trinajstić information content (AvgIpc) is 3.08. The molecule has 3 rings (SSSR count). The monoisotopic (exact) mass is 478 g/mol. The Morgan fingerprint density at radius 3 is 2.09 bits per heavy atom. The van der Waals surface area contributed by atoms with Gasteiger partial charge in [-0.05, 0) is 30.7 Å². The fraction of sp³-hybridized carbons (Fsp3) is 0.348. The largest absolute Gasteiger partial charge is 0.459 e. The number of primary amides is 1. The Balaban J connectivity index is 1.84. The Hall–Kier alpha value is -3.57. The molecule has 11 heteroatoms. The first-order valence-electron chi connectivity index (χ1n) is 10.4. The molecule has 1 aliphatic rings. The van der Waals surface area contributed by atoms with Gasteiger partial charge in [-0.15, -0.1) is 0 Å². The van der Waals surface area contributed by atoms with Gasteiger partial charge < -0.3 is 25.1 Å². The van der Waals surface area contributed by atoms with E-state index in [0.29, 0.717) is 4.90 Å². The van der Waals surface area contributed by atoms with E-state index in [9.17, 15) is 14.4 Å². The maximum Gasteiger partial charge on any atom is 0.338 e. The van der Waals surface area contributed by atoms with E-state index < -0.39 is 48.9 Å². The molecule has 0 aliphatic carbocycles. The fourth-order valence-corrected chi connectivity index (χ4v) is 3.44. The Bertz CT molecular complexity index is 991. The number of hydrogen-bond donors (Lipinski definition) is 2. The number of nitrogens with zero attached hydrogens (tertiary/aromatic N) is 1. The number of hydrogen-bond acceptors (Lipinski definition) is 7. The van der Waals surface area contributed by atoms with Crippen molar-refractivity contribution < 1.29 is 42.5 Å². The fourth-order valence-electron chi connectivity index (χ4n) is 3.44. The molecule has 1 aliphatic heterocycles. The van der Waals surface area contributed by atoms with Gasteiger partial charge in [0.15, 0.2) is 6.10 Å². The Morgan fingerprint density at radius 1 is 1.00 bits per heavy atom. The number of halogens is 2. The lowest BCUT2D eigenvalue weighted by molar-refractivity contribution is -0.155. The SMILES string of the molecule is NC(=O)N(CCCO)[C@@H]1O[C@H](COC(=O)c2ccccc2)[C@@H](OC(=O)c2ccccc2)C1(F)F. The van der Waals surface area contributed by atoms with Crippen LogP contribution in [0.15, 0.2) is 60.7 Å². The van der Waals surface area contributed by atoms with Crippen LogP contribution in [0, 0.1) is 0 Å². The summed E-state index contributed by atoms with van der Waals surface area (Å²) in [5.74, 6) is -5.75. The van der Waals surface area contributed by atoms with Gasteiger partial charge in [0.2, 0.25) is 6.23 Å². The summed E-state index contributed by atoms with van der Waals surface area (Å²) in [5, 5.41) is 9.04. The number of esters is 2. The second-order valence-corrected chi connectivity index (χ2v) is 7.47. The highest BCUT2D eigenvalue weighted by Gasteiger charge is 2.64. The lowest BCUT2D eigenvalue weighted by Crippen LogP contribution is -2.54. The number of nitrogens with two attached hydrogens (primary N) is 1. The summed E-state index contributed by atoms with van der Waals surface area (Å²) in [4.78, 5) is 37.2. The minimum absolute atomic E-state index is 0.0221. The second-order valence-electron chi connectivity index (χ2n) is 7.47. The number of carbonyl (C=O) groups is 3. The van der Waals surface area contributed by atoms with E-state index in [2.05, 4.69) is 0 Å². The zero-order valence-corrected chi connectivity index (χ0v) is 18.0. The van der Waals surface area contributed by atoms with E-state index >= 15 is 8.78 Å². The summed E-state index contributed by atoms with van der Waals surface area (Å²) in [5.41, 5.74) is 5.46. The van der Waals surface area contributed by atoms with Crippen LogP contribution < -0.4 is 5.73 Å². The number of ether oxygens (including phenoxy) is 3. The van der Waals surface area contributed by atoms with Crippen molar-refractivity contribution in [1.82, 2.24) is 4.90 Å². The van der Waals surface area contributed by atoms with Crippen molar-refractivity contribution in [2.75, 3.05) is 19.8 Å². The molecule has 0 radical (unpaired) electrons. The third-order valence-corrected chi connectivity index (χ3v) is 5.10. The van der Waals surface area contributed by atoms with Crippen molar-refractivity contribution in [1.29, 1.82) is 0 Å². The topological polar surface area (TPSA) is 128 Å². The van der Waals surface area contributed by atoms with Gasteiger partial charge >= 0.3 is 23.9 Å². The van der Waals surface area contributed by atoms with E-state index in [1.807, 2.05) is 0 Å². The van der Waals surface area contributed by atoms with Gasteiger partial charge in [-0.2, -0.15) is 8.78 Å². The molecular formula is C23H24F2N2O7. The molecule has 0 spiro atoms. The predicted octanol–water partition coefficient (Wildman–Crippen LogP) is 2.19. The van der Waals surface area contributed by atoms with Crippen molar-refractivity contribution in [3.63, 3.8) is 0 Å². The van der Waals surface area contributed by atoms with Crippen LogP contribution in [0.4, 0.5) is 13.6 Å². The van der Waals surface area contributed by atoms with Gasteiger partial charge in [0.25, 0.3) is 0 Å². The van der Waals surface area contributed by atoms with Crippen LogP contribution in [0.2, 0.25) is 0 Å². The van der Waals surface area contributed by atoms with Gasteiger partial charge in [-0.25, -0.2) is 14.4 Å². The van der Waals surface area contributed by atoms with Crippen molar-refractivity contribution in [3.05, 3.63) is 71.8 Å². The van der Waals surface area contributed by atoms with Crippen LogP contribution in [0.1, 0.15) is 27.1 Å². The zero-order chi connectivity index (χ0) is 24.7. The molecule has 2 aromatic carbocycles. The molecule has 1 fully saturated rings. The molecule has 0 aromatic heterocycles. The van der Waals surface area contributed by atoms with Crippen molar-refractivity contribution >= 4 is 18.0 Å². The van der Waals surface area contributed by atoms with Crippen LogP contribution in [0.25, 0.3) is 0 Å². The summed E-state index contributed by atoms with van der Waals surface area (Å²) in [7, 11) is 0. The third-order valence-electron chi connectivity index (χ3n) is 5.10. The number of alkyl halides is 2. The van der Waals surface area contributed by atoms with Gasteiger partial charge in [-0.3, -0.25) is 4.90 Å².